The second kappa shape index (κ2) is 9.72. The average molecular weight is 486 g/mol. The van der Waals surface area contributed by atoms with Gasteiger partial charge in [-0.2, -0.15) is 0 Å². The summed E-state index contributed by atoms with van der Waals surface area (Å²) in [7, 11) is 0. The van der Waals surface area contributed by atoms with E-state index in [-0.39, 0.29) is 24.0 Å². The summed E-state index contributed by atoms with van der Waals surface area (Å²) in [6.07, 6.45) is 9.50. The van der Waals surface area contributed by atoms with Crippen LogP contribution in [-0.4, -0.2) is 83.4 Å². The molecule has 0 bridgehead atoms. The Labute approximate surface area is 205 Å². The minimum Gasteiger partial charge on any atom is -0.490 e. The van der Waals surface area contributed by atoms with Crippen molar-refractivity contribution >= 4 is 27.5 Å². The minimum absolute atomic E-state index is 0.168. The number of aryl methyl sites for hydroxylation is 1. The topological polar surface area (TPSA) is 75.1 Å². The van der Waals surface area contributed by atoms with Crippen molar-refractivity contribution in [1.82, 2.24) is 14.8 Å². The van der Waals surface area contributed by atoms with E-state index in [0.29, 0.717) is 32.0 Å². The number of β-amino-alcohol motifs (C(OH)–C–C–N with tert-alkyl or cyclic N) is 1. The number of thiophene rings is 1. The van der Waals surface area contributed by atoms with Crippen LogP contribution in [0.3, 0.4) is 0 Å². The number of aromatic nitrogens is 1. The third-order valence-electron chi connectivity index (χ3n) is 8.23. The van der Waals surface area contributed by atoms with Gasteiger partial charge in [-0.1, -0.05) is 0 Å². The lowest BCUT2D eigenvalue weighted by Gasteiger charge is -2.38. The lowest BCUT2D eigenvalue weighted by Crippen LogP contribution is -2.46. The van der Waals surface area contributed by atoms with Crippen LogP contribution in [0.25, 0.3) is 10.2 Å². The molecule has 2 aliphatic carbocycles. The average Bonchev–Trinajstić information content (AvgIpc) is 3.56. The predicted octanol–water partition coefficient (Wildman–Crippen LogP) is 3.33. The monoisotopic (exact) mass is 485 g/mol. The smallest absolute Gasteiger partial charge is 0.223 e. The number of amides is 1. The van der Waals surface area contributed by atoms with Crippen molar-refractivity contribution in [2.45, 2.75) is 75.5 Å². The molecular weight excluding hydrogens is 450 g/mol. The van der Waals surface area contributed by atoms with E-state index in [4.69, 9.17) is 9.47 Å². The Kier molecular flexibility index (Phi) is 6.49. The number of fused-ring (bicyclic) bond motifs is 3. The number of morpholine rings is 1. The Balaban J connectivity index is 1.16. The van der Waals surface area contributed by atoms with Crippen LogP contribution in [0.15, 0.2) is 12.3 Å². The molecule has 4 aliphatic rings. The number of hydrogen-bond donors (Lipinski definition) is 1. The first-order chi connectivity index (χ1) is 16.7. The van der Waals surface area contributed by atoms with Gasteiger partial charge >= 0.3 is 0 Å². The molecule has 6 rings (SSSR count). The summed E-state index contributed by atoms with van der Waals surface area (Å²) in [6.45, 7) is 4.98. The second-order valence-electron chi connectivity index (χ2n) is 10.3. The maximum atomic E-state index is 12.9. The Bertz CT molecular complexity index is 1030. The molecule has 2 aromatic rings. The van der Waals surface area contributed by atoms with Gasteiger partial charge in [0.25, 0.3) is 0 Å². The number of ether oxygens (including phenoxy) is 2. The molecule has 2 aromatic heterocycles. The van der Waals surface area contributed by atoms with Crippen molar-refractivity contribution < 1.29 is 19.4 Å². The normalized spacial score (nSPS) is 30.1. The van der Waals surface area contributed by atoms with Gasteiger partial charge in [-0.25, -0.2) is 4.98 Å². The largest absolute Gasteiger partial charge is 0.490 e. The summed E-state index contributed by atoms with van der Waals surface area (Å²) < 4.78 is 12.2. The lowest BCUT2D eigenvalue weighted by molar-refractivity contribution is -0.130. The van der Waals surface area contributed by atoms with Gasteiger partial charge < -0.3 is 19.5 Å². The Morgan fingerprint density at radius 2 is 1.97 bits per heavy atom. The number of aliphatic hydroxyl groups is 1. The van der Waals surface area contributed by atoms with E-state index in [1.165, 1.54) is 23.3 Å². The number of nitrogens with zero attached hydrogens (tertiary/aromatic N) is 3. The number of carbonyl (C=O) groups is 1. The zero-order valence-corrected chi connectivity index (χ0v) is 20.6. The first kappa shape index (κ1) is 22.7. The van der Waals surface area contributed by atoms with Gasteiger partial charge in [0.1, 0.15) is 10.6 Å². The molecule has 2 atom stereocenters. The first-order valence-corrected chi connectivity index (χ1v) is 13.8. The van der Waals surface area contributed by atoms with Crippen LogP contribution in [0.2, 0.25) is 0 Å². The molecule has 34 heavy (non-hydrogen) atoms. The molecule has 3 fully saturated rings. The van der Waals surface area contributed by atoms with Gasteiger partial charge in [-0.05, 0) is 62.5 Å². The summed E-state index contributed by atoms with van der Waals surface area (Å²) in [4.78, 5) is 24.4. The summed E-state index contributed by atoms with van der Waals surface area (Å²) >= 11 is 1.77. The Morgan fingerprint density at radius 3 is 2.74 bits per heavy atom. The van der Waals surface area contributed by atoms with Crippen molar-refractivity contribution in [3.05, 3.63) is 22.7 Å². The number of likely N-dealkylation sites (tertiary alicyclic amines) is 1. The highest BCUT2D eigenvalue weighted by atomic mass is 32.1. The molecule has 0 radical (unpaired) electrons. The molecule has 2 saturated heterocycles. The Hall–Kier alpha value is -1.74. The lowest BCUT2D eigenvalue weighted by atomic mass is 9.91. The molecule has 0 unspecified atom stereocenters. The quantitative estimate of drug-likeness (QED) is 0.700. The molecule has 8 heteroatoms. The molecule has 0 spiro atoms. The zero-order chi connectivity index (χ0) is 23.1. The van der Waals surface area contributed by atoms with Crippen LogP contribution in [-0.2, 0) is 16.0 Å². The number of rotatable bonds is 5. The second-order valence-corrected chi connectivity index (χ2v) is 11.4. The molecule has 4 heterocycles. The third-order valence-corrected chi connectivity index (χ3v) is 9.41. The van der Waals surface area contributed by atoms with E-state index < -0.39 is 0 Å². The fourth-order valence-electron chi connectivity index (χ4n) is 6.39. The molecule has 1 amide bonds. The van der Waals surface area contributed by atoms with Gasteiger partial charge in [0, 0.05) is 49.7 Å². The zero-order valence-electron chi connectivity index (χ0n) is 19.8. The molecule has 2 aliphatic heterocycles. The van der Waals surface area contributed by atoms with Crippen molar-refractivity contribution in [2.24, 2.45) is 0 Å². The summed E-state index contributed by atoms with van der Waals surface area (Å²) in [6, 6.07) is 2.68. The predicted molar refractivity (Wildman–Crippen MR) is 132 cm³/mol. The fourth-order valence-corrected chi connectivity index (χ4v) is 7.65. The van der Waals surface area contributed by atoms with Crippen LogP contribution in [0.1, 0.15) is 61.3 Å². The molecule has 1 saturated carbocycles. The highest BCUT2D eigenvalue weighted by Crippen LogP contribution is 2.48. The first-order valence-electron chi connectivity index (χ1n) is 13.0. The van der Waals surface area contributed by atoms with Crippen LogP contribution >= 0.6 is 11.3 Å². The van der Waals surface area contributed by atoms with Crippen molar-refractivity contribution in [3.8, 4) is 5.75 Å². The number of pyridine rings is 1. The SMILES string of the molecule is O=C(C[C@H]1CCc2sc3nccc(OC4CCC(N5CCOCC5)CC4)c3c21)N1CC[C@H](O)C1. The van der Waals surface area contributed by atoms with Crippen LogP contribution in [0, 0.1) is 0 Å². The third kappa shape index (κ3) is 4.45. The van der Waals surface area contributed by atoms with E-state index in [9.17, 15) is 9.90 Å². The van der Waals surface area contributed by atoms with Gasteiger partial charge in [0.15, 0.2) is 0 Å². The van der Waals surface area contributed by atoms with Crippen LogP contribution in [0.5, 0.6) is 5.75 Å². The number of aliphatic hydroxyl groups excluding tert-OH is 1. The molecule has 0 aromatic carbocycles. The molecule has 1 N–H and O–H groups in total. The van der Waals surface area contributed by atoms with E-state index in [1.54, 1.807) is 11.3 Å². The Morgan fingerprint density at radius 1 is 1.15 bits per heavy atom. The molecular formula is C26H35N3O4S. The van der Waals surface area contributed by atoms with Gasteiger partial charge in [-0.3, -0.25) is 9.69 Å². The summed E-state index contributed by atoms with van der Waals surface area (Å²) in [5, 5.41) is 11.0. The summed E-state index contributed by atoms with van der Waals surface area (Å²) in [5.74, 6) is 1.34. The standard InChI is InChI=1S/C26H35N3O4S/c30-19-8-10-29(16-19)23(31)15-17-1-6-22-24(17)25-21(7-9-27-26(25)34-22)33-20-4-2-18(3-5-20)28-11-13-32-14-12-28/h7,9,17-20,30H,1-6,8,10-16H2/t17-,18?,19+,20?/m1/s1. The highest BCUT2D eigenvalue weighted by Gasteiger charge is 2.34. The maximum Gasteiger partial charge on any atom is 0.223 e. The molecule has 184 valence electrons. The number of carbonyl (C=O) groups excluding carboxylic acids is 1. The van der Waals surface area contributed by atoms with E-state index in [0.717, 1.165) is 68.0 Å². The van der Waals surface area contributed by atoms with Crippen molar-refractivity contribution in [3.63, 3.8) is 0 Å². The highest BCUT2D eigenvalue weighted by molar-refractivity contribution is 7.19. The van der Waals surface area contributed by atoms with Gasteiger partial charge in [0.2, 0.25) is 5.91 Å². The maximum absolute atomic E-state index is 12.9. The van der Waals surface area contributed by atoms with Crippen LogP contribution < -0.4 is 4.74 Å². The van der Waals surface area contributed by atoms with E-state index in [2.05, 4.69) is 9.88 Å². The number of hydrogen-bond acceptors (Lipinski definition) is 7. The van der Waals surface area contributed by atoms with Gasteiger partial charge in [0.05, 0.1) is 30.8 Å². The van der Waals surface area contributed by atoms with E-state index in [1.807, 2.05) is 17.2 Å². The summed E-state index contributed by atoms with van der Waals surface area (Å²) in [5.41, 5.74) is 1.30. The molecule has 7 nitrogen and oxygen atoms in total. The van der Waals surface area contributed by atoms with Gasteiger partial charge in [-0.15, -0.1) is 11.3 Å². The van der Waals surface area contributed by atoms with Crippen molar-refractivity contribution in [2.75, 3.05) is 39.4 Å². The fraction of sp³-hybridized carbons (Fsp3) is 0.692. The van der Waals surface area contributed by atoms with E-state index >= 15 is 0 Å². The van der Waals surface area contributed by atoms with Crippen molar-refractivity contribution in [1.29, 1.82) is 0 Å². The van der Waals surface area contributed by atoms with Crippen LogP contribution in [0.4, 0.5) is 0 Å². The minimum atomic E-state index is -0.368.